The zero-order valence-electron chi connectivity index (χ0n) is 12.9. The molecule has 3 rings (SSSR count). The third-order valence-corrected chi connectivity index (χ3v) is 3.26. The number of rotatable bonds is 5. The Morgan fingerprint density at radius 1 is 1.25 bits per heavy atom. The van der Waals surface area contributed by atoms with Gasteiger partial charge in [0.15, 0.2) is 0 Å². The molecule has 24 heavy (non-hydrogen) atoms. The molecule has 0 spiro atoms. The molecule has 7 heteroatoms. The van der Waals surface area contributed by atoms with Gasteiger partial charge in [0.1, 0.15) is 11.4 Å². The number of aromatic amines is 1. The molecular formula is C17H15N5O2. The molecule has 1 amide bonds. The quantitative estimate of drug-likeness (QED) is 0.557. The van der Waals surface area contributed by atoms with Gasteiger partial charge in [0.2, 0.25) is 0 Å². The van der Waals surface area contributed by atoms with Crippen LogP contribution in [-0.4, -0.2) is 34.4 Å². The average Bonchev–Trinajstić information content (AvgIpc) is 3.12. The number of carbonyl (C=O) groups excluding carboxylic acids is 1. The summed E-state index contributed by atoms with van der Waals surface area (Å²) in [7, 11) is 1.59. The van der Waals surface area contributed by atoms with E-state index in [0.717, 1.165) is 5.56 Å². The number of methoxy groups -OCH3 is 1. The Balaban J connectivity index is 1.71. The van der Waals surface area contributed by atoms with Gasteiger partial charge in [0, 0.05) is 11.8 Å². The van der Waals surface area contributed by atoms with Crippen molar-refractivity contribution in [2.75, 3.05) is 7.11 Å². The Morgan fingerprint density at radius 3 is 2.88 bits per heavy atom. The van der Waals surface area contributed by atoms with E-state index in [9.17, 15) is 4.79 Å². The summed E-state index contributed by atoms with van der Waals surface area (Å²) in [5, 5.41) is 10.7. The summed E-state index contributed by atoms with van der Waals surface area (Å²) in [5.74, 6) is 0.292. The highest BCUT2D eigenvalue weighted by molar-refractivity contribution is 5.94. The molecule has 0 fully saturated rings. The summed E-state index contributed by atoms with van der Waals surface area (Å²) >= 11 is 0. The van der Waals surface area contributed by atoms with Gasteiger partial charge in [-0.2, -0.15) is 10.2 Å². The van der Waals surface area contributed by atoms with Crippen molar-refractivity contribution in [1.29, 1.82) is 0 Å². The molecule has 0 atom stereocenters. The lowest BCUT2D eigenvalue weighted by Crippen LogP contribution is -2.18. The van der Waals surface area contributed by atoms with E-state index in [-0.39, 0.29) is 0 Å². The number of nitrogens with one attached hydrogen (secondary N) is 2. The number of ether oxygens (including phenoxy) is 1. The zero-order chi connectivity index (χ0) is 16.8. The van der Waals surface area contributed by atoms with E-state index in [4.69, 9.17) is 4.74 Å². The van der Waals surface area contributed by atoms with Gasteiger partial charge >= 0.3 is 0 Å². The number of benzene rings is 1. The topological polar surface area (TPSA) is 92.3 Å². The minimum atomic E-state index is -0.393. The third kappa shape index (κ3) is 3.46. The normalized spacial score (nSPS) is 10.7. The number of carbonyl (C=O) groups is 1. The smallest absolute Gasteiger partial charge is 0.289 e. The first kappa shape index (κ1) is 15.4. The van der Waals surface area contributed by atoms with E-state index in [1.165, 1.54) is 6.21 Å². The van der Waals surface area contributed by atoms with Gasteiger partial charge in [0.05, 0.1) is 24.7 Å². The van der Waals surface area contributed by atoms with Crippen LogP contribution in [0.2, 0.25) is 0 Å². The number of hydrogen-bond acceptors (Lipinski definition) is 5. The molecule has 120 valence electrons. The molecule has 2 heterocycles. The highest BCUT2D eigenvalue weighted by atomic mass is 16.5. The number of pyridine rings is 1. The average molecular weight is 321 g/mol. The lowest BCUT2D eigenvalue weighted by Gasteiger charge is -2.04. The van der Waals surface area contributed by atoms with Gasteiger partial charge < -0.3 is 4.74 Å². The maximum Gasteiger partial charge on any atom is 0.289 e. The van der Waals surface area contributed by atoms with E-state index in [1.807, 2.05) is 30.3 Å². The predicted molar refractivity (Wildman–Crippen MR) is 89.9 cm³/mol. The van der Waals surface area contributed by atoms with Crippen molar-refractivity contribution >= 4 is 12.1 Å². The molecule has 0 aliphatic rings. The molecular weight excluding hydrogens is 306 g/mol. The van der Waals surface area contributed by atoms with Crippen molar-refractivity contribution in [3.63, 3.8) is 0 Å². The fourth-order valence-electron chi connectivity index (χ4n) is 2.10. The van der Waals surface area contributed by atoms with Crippen LogP contribution in [0.4, 0.5) is 0 Å². The minimum absolute atomic E-state index is 0.300. The molecule has 0 saturated heterocycles. The molecule has 2 aromatic heterocycles. The first-order chi connectivity index (χ1) is 11.8. The molecule has 0 bridgehead atoms. The highest BCUT2D eigenvalue weighted by Gasteiger charge is 2.13. The third-order valence-electron chi connectivity index (χ3n) is 3.26. The number of para-hydroxylation sites is 1. The van der Waals surface area contributed by atoms with Gasteiger partial charge in [-0.15, -0.1) is 0 Å². The van der Waals surface area contributed by atoms with Crippen molar-refractivity contribution in [1.82, 2.24) is 20.6 Å². The van der Waals surface area contributed by atoms with Crippen molar-refractivity contribution in [3.05, 3.63) is 66.1 Å². The summed E-state index contributed by atoms with van der Waals surface area (Å²) in [6, 6.07) is 14.5. The van der Waals surface area contributed by atoms with Crippen LogP contribution in [0, 0.1) is 0 Å². The highest BCUT2D eigenvalue weighted by Crippen LogP contribution is 2.28. The van der Waals surface area contributed by atoms with E-state index in [1.54, 1.807) is 31.5 Å². The second-order valence-electron chi connectivity index (χ2n) is 4.82. The summed E-state index contributed by atoms with van der Waals surface area (Å²) in [6.45, 7) is 0. The van der Waals surface area contributed by atoms with Crippen LogP contribution in [0.3, 0.4) is 0 Å². The zero-order valence-corrected chi connectivity index (χ0v) is 12.9. The number of amides is 1. The van der Waals surface area contributed by atoms with Gasteiger partial charge in [-0.1, -0.05) is 18.2 Å². The Bertz CT molecular complexity index is 858. The lowest BCUT2D eigenvalue weighted by atomic mass is 10.1. The standard InChI is InChI=1S/C17H15N5O2/c1-24-16-8-3-2-7-13(16)14-10-15(21-20-14)17(23)22-19-11-12-6-4-5-9-18-12/h2-11H,1H3,(H,20,21)(H,22,23)/b19-11-. The van der Waals surface area contributed by atoms with E-state index < -0.39 is 5.91 Å². The van der Waals surface area contributed by atoms with Crippen molar-refractivity contribution in [2.24, 2.45) is 5.10 Å². The maximum atomic E-state index is 12.1. The Morgan fingerprint density at radius 2 is 2.08 bits per heavy atom. The molecule has 1 aromatic carbocycles. The first-order valence-corrected chi connectivity index (χ1v) is 7.21. The van der Waals surface area contributed by atoms with Crippen LogP contribution in [0.25, 0.3) is 11.3 Å². The van der Waals surface area contributed by atoms with Crippen LogP contribution in [-0.2, 0) is 0 Å². The summed E-state index contributed by atoms with van der Waals surface area (Å²) < 4.78 is 5.30. The molecule has 0 aliphatic heterocycles. The first-order valence-electron chi connectivity index (χ1n) is 7.21. The fraction of sp³-hybridized carbons (Fsp3) is 0.0588. The van der Waals surface area contributed by atoms with Crippen LogP contribution in [0.1, 0.15) is 16.2 Å². The molecule has 7 nitrogen and oxygen atoms in total. The molecule has 3 aromatic rings. The maximum absolute atomic E-state index is 12.1. The van der Waals surface area contributed by atoms with Crippen molar-refractivity contribution in [2.45, 2.75) is 0 Å². The van der Waals surface area contributed by atoms with Gasteiger partial charge in [-0.3, -0.25) is 14.9 Å². The minimum Gasteiger partial charge on any atom is -0.496 e. The van der Waals surface area contributed by atoms with E-state index in [0.29, 0.717) is 22.8 Å². The number of aromatic nitrogens is 3. The second kappa shape index (κ2) is 7.19. The van der Waals surface area contributed by atoms with Gasteiger partial charge in [0.25, 0.3) is 5.91 Å². The number of hydrogen-bond donors (Lipinski definition) is 2. The Labute approximate surface area is 138 Å². The fourth-order valence-corrected chi connectivity index (χ4v) is 2.10. The number of nitrogens with zero attached hydrogens (tertiary/aromatic N) is 3. The monoisotopic (exact) mass is 321 g/mol. The van der Waals surface area contributed by atoms with Gasteiger partial charge in [-0.05, 0) is 30.3 Å². The Hall–Kier alpha value is -3.48. The molecule has 2 N–H and O–H groups in total. The number of H-pyrrole nitrogens is 1. The van der Waals surface area contributed by atoms with Crippen LogP contribution in [0.15, 0.2) is 59.8 Å². The van der Waals surface area contributed by atoms with Crippen LogP contribution >= 0.6 is 0 Å². The second-order valence-corrected chi connectivity index (χ2v) is 4.82. The van der Waals surface area contributed by atoms with Gasteiger partial charge in [-0.25, -0.2) is 5.43 Å². The lowest BCUT2D eigenvalue weighted by molar-refractivity contribution is 0.0950. The van der Waals surface area contributed by atoms with Crippen LogP contribution in [0.5, 0.6) is 5.75 Å². The SMILES string of the molecule is COc1ccccc1-c1cc(C(=O)N/N=C\c2ccccn2)[nH]n1. The molecule has 0 radical (unpaired) electrons. The van der Waals surface area contributed by atoms with E-state index >= 15 is 0 Å². The summed E-state index contributed by atoms with van der Waals surface area (Å²) in [6.07, 6.45) is 3.12. The van der Waals surface area contributed by atoms with Crippen LogP contribution < -0.4 is 10.2 Å². The predicted octanol–water partition coefficient (Wildman–Crippen LogP) is 2.24. The molecule has 0 saturated carbocycles. The Kier molecular flexibility index (Phi) is 4.62. The van der Waals surface area contributed by atoms with Crippen molar-refractivity contribution in [3.8, 4) is 17.0 Å². The number of hydrazone groups is 1. The molecule has 0 unspecified atom stereocenters. The van der Waals surface area contributed by atoms with Crippen molar-refractivity contribution < 1.29 is 9.53 Å². The summed E-state index contributed by atoms with van der Waals surface area (Å²) in [4.78, 5) is 16.2. The largest absolute Gasteiger partial charge is 0.496 e. The summed E-state index contributed by atoms with van der Waals surface area (Å²) in [5.41, 5.74) is 4.79. The van der Waals surface area contributed by atoms with E-state index in [2.05, 4.69) is 25.7 Å². The molecule has 0 aliphatic carbocycles.